The highest BCUT2D eigenvalue weighted by molar-refractivity contribution is 7.89. The molecule has 2 aromatic heterocycles. The van der Waals surface area contributed by atoms with Gasteiger partial charge in [-0.05, 0) is 43.2 Å². The Balaban J connectivity index is 1.89. The SMILES string of the molecule is Cc1ccc(C)c(S(=O)(=O)NCc2nc3cccnc3n2C)c1. The van der Waals surface area contributed by atoms with E-state index in [9.17, 15) is 8.42 Å². The average molecular weight is 330 g/mol. The number of nitrogens with zero attached hydrogens (tertiary/aromatic N) is 3. The summed E-state index contributed by atoms with van der Waals surface area (Å²) in [6, 6.07) is 9.03. The van der Waals surface area contributed by atoms with Crippen molar-refractivity contribution in [1.29, 1.82) is 0 Å². The second kappa shape index (κ2) is 5.75. The molecule has 1 aromatic carbocycles. The molecule has 0 aliphatic rings. The molecule has 0 bridgehead atoms. The summed E-state index contributed by atoms with van der Waals surface area (Å²) in [5.74, 6) is 0.618. The quantitative estimate of drug-likeness (QED) is 0.794. The van der Waals surface area contributed by atoms with Crippen molar-refractivity contribution in [2.45, 2.75) is 25.3 Å². The van der Waals surface area contributed by atoms with E-state index in [2.05, 4.69) is 14.7 Å². The lowest BCUT2D eigenvalue weighted by atomic mass is 10.2. The Labute approximate surface area is 135 Å². The third-order valence-electron chi connectivity index (χ3n) is 3.77. The van der Waals surface area contributed by atoms with Crippen molar-refractivity contribution in [3.05, 3.63) is 53.5 Å². The lowest BCUT2D eigenvalue weighted by molar-refractivity contribution is 0.577. The fourth-order valence-electron chi connectivity index (χ4n) is 2.46. The number of aromatic nitrogens is 3. The first-order valence-electron chi connectivity index (χ1n) is 7.22. The van der Waals surface area contributed by atoms with Gasteiger partial charge < -0.3 is 4.57 Å². The van der Waals surface area contributed by atoms with E-state index >= 15 is 0 Å². The minimum atomic E-state index is -3.59. The molecule has 7 heteroatoms. The molecular weight excluding hydrogens is 312 g/mol. The highest BCUT2D eigenvalue weighted by Crippen LogP contribution is 2.17. The number of pyridine rings is 1. The largest absolute Gasteiger partial charge is 0.315 e. The van der Waals surface area contributed by atoms with Gasteiger partial charge >= 0.3 is 0 Å². The Kier molecular flexibility index (Phi) is 3.91. The number of hydrogen-bond donors (Lipinski definition) is 1. The third kappa shape index (κ3) is 2.97. The number of rotatable bonds is 4. The van der Waals surface area contributed by atoms with Gasteiger partial charge in [-0.15, -0.1) is 0 Å². The molecule has 0 aliphatic heterocycles. The first-order valence-corrected chi connectivity index (χ1v) is 8.70. The fraction of sp³-hybridized carbons (Fsp3) is 0.250. The Morgan fingerprint density at radius 2 is 2.00 bits per heavy atom. The third-order valence-corrected chi connectivity index (χ3v) is 5.32. The zero-order valence-corrected chi connectivity index (χ0v) is 14.1. The molecule has 0 radical (unpaired) electrons. The maximum Gasteiger partial charge on any atom is 0.241 e. The van der Waals surface area contributed by atoms with Crippen LogP contribution in [0.4, 0.5) is 0 Å². The summed E-state index contributed by atoms with van der Waals surface area (Å²) in [6.45, 7) is 3.77. The molecule has 3 aromatic rings. The van der Waals surface area contributed by atoms with E-state index in [0.717, 1.165) is 22.3 Å². The fourth-order valence-corrected chi connectivity index (χ4v) is 3.77. The van der Waals surface area contributed by atoms with Crippen molar-refractivity contribution in [2.24, 2.45) is 7.05 Å². The van der Waals surface area contributed by atoms with Gasteiger partial charge in [0.2, 0.25) is 10.0 Å². The van der Waals surface area contributed by atoms with Crippen LogP contribution in [0, 0.1) is 13.8 Å². The van der Waals surface area contributed by atoms with Crippen LogP contribution in [0.1, 0.15) is 17.0 Å². The van der Waals surface area contributed by atoms with E-state index in [1.807, 2.05) is 32.2 Å². The maximum atomic E-state index is 12.5. The number of fused-ring (bicyclic) bond motifs is 1. The highest BCUT2D eigenvalue weighted by atomic mass is 32.2. The molecule has 0 atom stereocenters. The van der Waals surface area contributed by atoms with Crippen molar-refractivity contribution in [3.8, 4) is 0 Å². The molecule has 0 amide bonds. The van der Waals surface area contributed by atoms with Crippen LogP contribution in [-0.2, 0) is 23.6 Å². The zero-order valence-electron chi connectivity index (χ0n) is 13.2. The molecule has 0 aliphatic carbocycles. The summed E-state index contributed by atoms with van der Waals surface area (Å²) in [5, 5.41) is 0. The lowest BCUT2D eigenvalue weighted by Gasteiger charge is -2.10. The molecule has 0 unspecified atom stereocenters. The summed E-state index contributed by atoms with van der Waals surface area (Å²) in [6.07, 6.45) is 1.69. The Morgan fingerprint density at radius 3 is 2.74 bits per heavy atom. The molecule has 0 fully saturated rings. The smallest absolute Gasteiger partial charge is 0.241 e. The van der Waals surface area contributed by atoms with Crippen LogP contribution < -0.4 is 4.72 Å². The molecule has 0 saturated heterocycles. The summed E-state index contributed by atoms with van der Waals surface area (Å²) < 4.78 is 29.5. The van der Waals surface area contributed by atoms with Crippen molar-refractivity contribution >= 4 is 21.2 Å². The van der Waals surface area contributed by atoms with E-state index in [4.69, 9.17) is 0 Å². The van der Waals surface area contributed by atoms with Gasteiger partial charge in [0.15, 0.2) is 5.65 Å². The maximum absolute atomic E-state index is 12.5. The zero-order chi connectivity index (χ0) is 16.6. The topological polar surface area (TPSA) is 76.9 Å². The Hall–Kier alpha value is -2.25. The number of hydrogen-bond acceptors (Lipinski definition) is 4. The molecule has 23 heavy (non-hydrogen) atoms. The van der Waals surface area contributed by atoms with E-state index in [0.29, 0.717) is 10.7 Å². The van der Waals surface area contributed by atoms with Gasteiger partial charge in [0.05, 0.1) is 11.4 Å². The van der Waals surface area contributed by atoms with Gasteiger partial charge in [-0.25, -0.2) is 23.1 Å². The van der Waals surface area contributed by atoms with E-state index in [-0.39, 0.29) is 6.54 Å². The molecule has 120 valence electrons. The number of sulfonamides is 1. The van der Waals surface area contributed by atoms with Crippen molar-refractivity contribution in [3.63, 3.8) is 0 Å². The van der Waals surface area contributed by atoms with Crippen LogP contribution in [0.3, 0.4) is 0 Å². The highest BCUT2D eigenvalue weighted by Gasteiger charge is 2.18. The summed E-state index contributed by atoms with van der Waals surface area (Å²) in [4.78, 5) is 8.98. The lowest BCUT2D eigenvalue weighted by Crippen LogP contribution is -2.25. The van der Waals surface area contributed by atoms with Crippen LogP contribution in [0.15, 0.2) is 41.4 Å². The first-order chi connectivity index (χ1) is 10.9. The van der Waals surface area contributed by atoms with Gasteiger partial charge in [-0.3, -0.25) is 0 Å². The predicted octanol–water partition coefficient (Wildman–Crippen LogP) is 2.06. The molecule has 1 N–H and O–H groups in total. The van der Waals surface area contributed by atoms with Gasteiger partial charge in [-0.1, -0.05) is 12.1 Å². The number of aryl methyl sites for hydroxylation is 3. The molecule has 2 heterocycles. The first kappa shape index (κ1) is 15.6. The van der Waals surface area contributed by atoms with Gasteiger partial charge in [0.25, 0.3) is 0 Å². The molecular formula is C16H18N4O2S. The Bertz CT molecular complexity index is 977. The molecule has 6 nitrogen and oxygen atoms in total. The van der Waals surface area contributed by atoms with Crippen molar-refractivity contribution in [2.75, 3.05) is 0 Å². The minimum Gasteiger partial charge on any atom is -0.315 e. The second-order valence-electron chi connectivity index (χ2n) is 5.53. The van der Waals surface area contributed by atoms with Crippen LogP contribution in [0.25, 0.3) is 11.2 Å². The number of benzene rings is 1. The number of imidazole rings is 1. The van der Waals surface area contributed by atoms with Crippen molar-refractivity contribution < 1.29 is 8.42 Å². The van der Waals surface area contributed by atoms with Crippen LogP contribution in [-0.4, -0.2) is 23.0 Å². The molecule has 3 rings (SSSR count). The molecule has 0 saturated carbocycles. The second-order valence-corrected chi connectivity index (χ2v) is 7.26. The van der Waals surface area contributed by atoms with Gasteiger partial charge in [0, 0.05) is 13.2 Å². The van der Waals surface area contributed by atoms with E-state index in [1.165, 1.54) is 0 Å². The average Bonchev–Trinajstić information content (AvgIpc) is 2.84. The van der Waals surface area contributed by atoms with Gasteiger partial charge in [-0.2, -0.15) is 0 Å². The van der Waals surface area contributed by atoms with Gasteiger partial charge in [0.1, 0.15) is 11.3 Å². The minimum absolute atomic E-state index is 0.114. The van der Waals surface area contributed by atoms with Crippen LogP contribution >= 0.6 is 0 Å². The van der Waals surface area contributed by atoms with Crippen LogP contribution in [0.5, 0.6) is 0 Å². The summed E-state index contributed by atoms with van der Waals surface area (Å²) in [7, 11) is -1.77. The van der Waals surface area contributed by atoms with E-state index in [1.54, 1.807) is 29.8 Å². The summed E-state index contributed by atoms with van der Waals surface area (Å²) >= 11 is 0. The monoisotopic (exact) mass is 330 g/mol. The van der Waals surface area contributed by atoms with Crippen LogP contribution in [0.2, 0.25) is 0 Å². The molecule has 0 spiro atoms. The standard InChI is InChI=1S/C16H18N4O2S/c1-11-6-7-12(2)14(9-11)23(21,22)18-10-15-19-13-5-4-8-17-16(13)20(15)3/h4-9,18H,10H2,1-3H3. The number of nitrogens with one attached hydrogen (secondary N) is 1. The van der Waals surface area contributed by atoms with E-state index < -0.39 is 10.0 Å². The summed E-state index contributed by atoms with van der Waals surface area (Å²) in [5.41, 5.74) is 3.10. The predicted molar refractivity (Wildman–Crippen MR) is 88.5 cm³/mol. The normalized spacial score (nSPS) is 12.0. The Morgan fingerprint density at radius 1 is 1.22 bits per heavy atom. The van der Waals surface area contributed by atoms with Crippen molar-refractivity contribution in [1.82, 2.24) is 19.3 Å².